The number of nitrogens with zero attached hydrogens (tertiary/aromatic N) is 1. The van der Waals surface area contributed by atoms with Crippen LogP contribution in [0.4, 0.5) is 5.69 Å². The standard InChI is InChI=1S/C16H19ClN2/c1-2-19(11-13-6-5-8-15(18)10-13)12-14-7-3-4-9-16(14)17/h3-10H,2,11-12,18H2,1H3. The molecular weight excluding hydrogens is 256 g/mol. The maximum absolute atomic E-state index is 6.21. The molecule has 0 fully saturated rings. The Kier molecular flexibility index (Phi) is 4.83. The molecule has 0 aromatic heterocycles. The van der Waals surface area contributed by atoms with Crippen molar-refractivity contribution in [3.8, 4) is 0 Å². The van der Waals surface area contributed by atoms with Gasteiger partial charge in [0.05, 0.1) is 0 Å². The molecule has 0 spiro atoms. The van der Waals surface area contributed by atoms with Gasteiger partial charge in [-0.25, -0.2) is 0 Å². The van der Waals surface area contributed by atoms with Gasteiger partial charge in [0.2, 0.25) is 0 Å². The molecule has 0 bridgehead atoms. The molecule has 100 valence electrons. The molecule has 0 saturated carbocycles. The molecule has 2 rings (SSSR count). The molecule has 0 saturated heterocycles. The van der Waals surface area contributed by atoms with E-state index in [1.165, 1.54) is 5.56 Å². The molecule has 0 aliphatic heterocycles. The lowest BCUT2D eigenvalue weighted by Crippen LogP contribution is -2.22. The third kappa shape index (κ3) is 3.98. The first-order valence-electron chi connectivity index (χ1n) is 6.49. The lowest BCUT2D eigenvalue weighted by molar-refractivity contribution is 0.271. The van der Waals surface area contributed by atoms with E-state index in [9.17, 15) is 0 Å². The monoisotopic (exact) mass is 274 g/mol. The summed E-state index contributed by atoms with van der Waals surface area (Å²) < 4.78 is 0. The summed E-state index contributed by atoms with van der Waals surface area (Å²) in [7, 11) is 0. The van der Waals surface area contributed by atoms with E-state index in [0.29, 0.717) is 0 Å². The van der Waals surface area contributed by atoms with Crippen molar-refractivity contribution in [2.24, 2.45) is 0 Å². The molecule has 2 N–H and O–H groups in total. The number of nitrogens with two attached hydrogens (primary N) is 1. The topological polar surface area (TPSA) is 29.3 Å². The van der Waals surface area contributed by atoms with Gasteiger partial charge in [-0.15, -0.1) is 0 Å². The third-order valence-electron chi connectivity index (χ3n) is 3.16. The highest BCUT2D eigenvalue weighted by atomic mass is 35.5. The Hall–Kier alpha value is -1.51. The second-order valence-electron chi connectivity index (χ2n) is 4.64. The zero-order valence-corrected chi connectivity index (χ0v) is 11.9. The summed E-state index contributed by atoms with van der Waals surface area (Å²) in [4.78, 5) is 2.34. The Bertz CT molecular complexity index is 540. The van der Waals surface area contributed by atoms with Crippen LogP contribution in [0.15, 0.2) is 48.5 Å². The summed E-state index contributed by atoms with van der Waals surface area (Å²) in [5.41, 5.74) is 9.02. The highest BCUT2D eigenvalue weighted by molar-refractivity contribution is 6.31. The summed E-state index contributed by atoms with van der Waals surface area (Å²) in [6, 6.07) is 16.0. The third-order valence-corrected chi connectivity index (χ3v) is 3.52. The van der Waals surface area contributed by atoms with Gasteiger partial charge >= 0.3 is 0 Å². The zero-order chi connectivity index (χ0) is 13.7. The number of rotatable bonds is 5. The van der Waals surface area contributed by atoms with E-state index in [2.05, 4.69) is 24.0 Å². The second-order valence-corrected chi connectivity index (χ2v) is 5.05. The first kappa shape index (κ1) is 13.9. The Labute approximate surface area is 119 Å². The van der Waals surface area contributed by atoms with Crippen LogP contribution in [0.25, 0.3) is 0 Å². The van der Waals surface area contributed by atoms with E-state index in [1.54, 1.807) is 0 Å². The normalized spacial score (nSPS) is 10.9. The van der Waals surface area contributed by atoms with E-state index < -0.39 is 0 Å². The summed E-state index contributed by atoms with van der Waals surface area (Å²) >= 11 is 6.21. The fourth-order valence-electron chi connectivity index (χ4n) is 2.10. The first-order chi connectivity index (χ1) is 9.19. The lowest BCUT2D eigenvalue weighted by Gasteiger charge is -2.21. The van der Waals surface area contributed by atoms with Crippen LogP contribution < -0.4 is 5.73 Å². The molecule has 0 aliphatic carbocycles. The molecule has 0 aliphatic rings. The quantitative estimate of drug-likeness (QED) is 0.837. The van der Waals surface area contributed by atoms with Crippen molar-refractivity contribution >= 4 is 17.3 Å². The first-order valence-corrected chi connectivity index (χ1v) is 6.87. The SMILES string of the molecule is CCN(Cc1cccc(N)c1)Cc1ccccc1Cl. The molecule has 0 amide bonds. The molecule has 2 aromatic rings. The van der Waals surface area contributed by atoms with E-state index in [-0.39, 0.29) is 0 Å². The molecule has 3 heteroatoms. The van der Waals surface area contributed by atoms with Gasteiger partial charge in [-0.3, -0.25) is 4.90 Å². The van der Waals surface area contributed by atoms with Gasteiger partial charge in [-0.05, 0) is 35.9 Å². The Balaban J connectivity index is 2.07. The van der Waals surface area contributed by atoms with Crippen LogP contribution in [-0.2, 0) is 13.1 Å². The number of hydrogen-bond acceptors (Lipinski definition) is 2. The van der Waals surface area contributed by atoms with E-state index in [0.717, 1.165) is 35.9 Å². The van der Waals surface area contributed by atoms with Crippen molar-refractivity contribution in [3.05, 3.63) is 64.7 Å². The van der Waals surface area contributed by atoms with Gasteiger partial charge in [0.25, 0.3) is 0 Å². The Morgan fingerprint density at radius 1 is 1.05 bits per heavy atom. The molecule has 0 heterocycles. The van der Waals surface area contributed by atoms with Gasteiger partial charge in [-0.2, -0.15) is 0 Å². The predicted molar refractivity (Wildman–Crippen MR) is 82.1 cm³/mol. The van der Waals surface area contributed by atoms with Crippen molar-refractivity contribution in [3.63, 3.8) is 0 Å². The Morgan fingerprint density at radius 2 is 1.84 bits per heavy atom. The van der Waals surface area contributed by atoms with Gasteiger partial charge in [-0.1, -0.05) is 48.9 Å². The van der Waals surface area contributed by atoms with Gasteiger partial charge < -0.3 is 5.73 Å². The minimum absolute atomic E-state index is 0.811. The van der Waals surface area contributed by atoms with Crippen molar-refractivity contribution < 1.29 is 0 Å². The smallest absolute Gasteiger partial charge is 0.0451 e. The molecule has 0 atom stereocenters. The predicted octanol–water partition coefficient (Wildman–Crippen LogP) is 3.94. The van der Waals surface area contributed by atoms with Crippen LogP contribution in [-0.4, -0.2) is 11.4 Å². The average molecular weight is 275 g/mol. The summed E-state index contributed by atoms with van der Waals surface area (Å²) in [6.07, 6.45) is 0. The van der Waals surface area contributed by atoms with Crippen LogP contribution >= 0.6 is 11.6 Å². The van der Waals surface area contributed by atoms with Gasteiger partial charge in [0.1, 0.15) is 0 Å². The summed E-state index contributed by atoms with van der Waals surface area (Å²) in [5.74, 6) is 0. The number of anilines is 1. The van der Waals surface area contributed by atoms with E-state index >= 15 is 0 Å². The molecule has 2 aromatic carbocycles. The minimum atomic E-state index is 0.811. The van der Waals surface area contributed by atoms with Crippen LogP contribution in [0.3, 0.4) is 0 Å². The maximum Gasteiger partial charge on any atom is 0.0451 e. The summed E-state index contributed by atoms with van der Waals surface area (Å²) in [5, 5.41) is 0.827. The van der Waals surface area contributed by atoms with Gasteiger partial charge in [0, 0.05) is 23.8 Å². The van der Waals surface area contributed by atoms with E-state index in [1.807, 2.05) is 36.4 Å². The van der Waals surface area contributed by atoms with Crippen molar-refractivity contribution in [1.82, 2.24) is 4.90 Å². The van der Waals surface area contributed by atoms with Gasteiger partial charge in [0.15, 0.2) is 0 Å². The highest BCUT2D eigenvalue weighted by Gasteiger charge is 2.07. The number of nitrogen functional groups attached to an aromatic ring is 1. The largest absolute Gasteiger partial charge is 0.399 e. The maximum atomic E-state index is 6.21. The molecule has 0 radical (unpaired) electrons. The second kappa shape index (κ2) is 6.60. The Morgan fingerprint density at radius 3 is 2.53 bits per heavy atom. The van der Waals surface area contributed by atoms with Crippen LogP contribution in [0, 0.1) is 0 Å². The summed E-state index contributed by atoms with van der Waals surface area (Å²) in [6.45, 7) is 4.86. The fourth-order valence-corrected chi connectivity index (χ4v) is 2.29. The molecule has 19 heavy (non-hydrogen) atoms. The lowest BCUT2D eigenvalue weighted by atomic mass is 10.1. The van der Waals surface area contributed by atoms with Crippen LogP contribution in [0.2, 0.25) is 5.02 Å². The molecular formula is C16H19ClN2. The number of hydrogen-bond donors (Lipinski definition) is 1. The average Bonchev–Trinajstić information content (AvgIpc) is 2.40. The highest BCUT2D eigenvalue weighted by Crippen LogP contribution is 2.18. The number of halogens is 1. The fraction of sp³-hybridized carbons (Fsp3) is 0.250. The van der Waals surface area contributed by atoms with Crippen molar-refractivity contribution in [1.29, 1.82) is 0 Å². The van der Waals surface area contributed by atoms with Crippen molar-refractivity contribution in [2.75, 3.05) is 12.3 Å². The number of benzene rings is 2. The zero-order valence-electron chi connectivity index (χ0n) is 11.1. The van der Waals surface area contributed by atoms with Crippen LogP contribution in [0.1, 0.15) is 18.1 Å². The van der Waals surface area contributed by atoms with Crippen LogP contribution in [0.5, 0.6) is 0 Å². The minimum Gasteiger partial charge on any atom is -0.399 e. The van der Waals surface area contributed by atoms with Crippen molar-refractivity contribution in [2.45, 2.75) is 20.0 Å². The van der Waals surface area contributed by atoms with E-state index in [4.69, 9.17) is 17.3 Å². The molecule has 0 unspecified atom stereocenters. The molecule has 2 nitrogen and oxygen atoms in total.